The summed E-state index contributed by atoms with van der Waals surface area (Å²) < 4.78 is 1.42. The van der Waals surface area contributed by atoms with Crippen LogP contribution in [0.15, 0.2) is 17.2 Å². The standard InChI is InChI=1S/C18H23N5O2S2/c1-5-11-8-12-16(26-11)19-9-23(17(12)25)13(6-2)15(24)20-18-22-21-14(27-18)7-10(3)4/h8-10,13H,5-7H2,1-4H3,(H,20,22,24). The summed E-state index contributed by atoms with van der Waals surface area (Å²) in [4.78, 5) is 31.8. The van der Waals surface area contributed by atoms with Crippen molar-refractivity contribution in [3.8, 4) is 0 Å². The summed E-state index contributed by atoms with van der Waals surface area (Å²) in [7, 11) is 0. The molecule has 0 aromatic carbocycles. The molecule has 0 spiro atoms. The third-order valence-corrected chi connectivity index (χ3v) is 6.23. The van der Waals surface area contributed by atoms with Gasteiger partial charge in [0.15, 0.2) is 0 Å². The molecule has 1 unspecified atom stereocenters. The van der Waals surface area contributed by atoms with E-state index in [1.54, 1.807) is 0 Å². The van der Waals surface area contributed by atoms with Crippen molar-refractivity contribution in [3.05, 3.63) is 32.6 Å². The Labute approximate surface area is 165 Å². The zero-order chi connectivity index (χ0) is 19.6. The van der Waals surface area contributed by atoms with Gasteiger partial charge >= 0.3 is 0 Å². The van der Waals surface area contributed by atoms with Crippen molar-refractivity contribution in [1.29, 1.82) is 0 Å². The molecule has 1 N–H and O–H groups in total. The first-order chi connectivity index (χ1) is 12.9. The third-order valence-electron chi connectivity index (χ3n) is 4.18. The number of amides is 1. The van der Waals surface area contributed by atoms with Gasteiger partial charge in [0.05, 0.1) is 11.7 Å². The molecule has 0 aliphatic carbocycles. The van der Waals surface area contributed by atoms with Gasteiger partial charge < -0.3 is 0 Å². The molecule has 3 heterocycles. The average Bonchev–Trinajstić information content (AvgIpc) is 3.24. The molecule has 27 heavy (non-hydrogen) atoms. The van der Waals surface area contributed by atoms with Crippen LogP contribution in [0.3, 0.4) is 0 Å². The molecule has 0 radical (unpaired) electrons. The molecule has 0 aliphatic heterocycles. The van der Waals surface area contributed by atoms with Crippen molar-refractivity contribution in [3.63, 3.8) is 0 Å². The Bertz CT molecular complexity index is 1000. The average molecular weight is 406 g/mol. The number of aryl methyl sites for hydroxylation is 1. The van der Waals surface area contributed by atoms with Crippen LogP contribution in [0.25, 0.3) is 10.2 Å². The Morgan fingerprint density at radius 1 is 1.26 bits per heavy atom. The number of rotatable bonds is 7. The van der Waals surface area contributed by atoms with E-state index in [0.717, 1.165) is 22.7 Å². The molecule has 0 aliphatic rings. The highest BCUT2D eigenvalue weighted by Crippen LogP contribution is 2.23. The third kappa shape index (κ3) is 4.24. The van der Waals surface area contributed by atoms with Gasteiger partial charge in [-0.2, -0.15) is 0 Å². The lowest BCUT2D eigenvalue weighted by molar-refractivity contribution is -0.119. The SMILES string of the molecule is CCc1cc2c(=O)n(C(CC)C(=O)Nc3nnc(CC(C)C)s3)cnc2s1. The number of hydrogen-bond donors (Lipinski definition) is 1. The van der Waals surface area contributed by atoms with Gasteiger partial charge in [0, 0.05) is 11.3 Å². The second-order valence-electron chi connectivity index (χ2n) is 6.75. The zero-order valence-corrected chi connectivity index (χ0v) is 17.5. The predicted octanol–water partition coefficient (Wildman–Crippen LogP) is 3.66. The molecule has 1 atom stereocenters. The highest BCUT2D eigenvalue weighted by molar-refractivity contribution is 7.18. The van der Waals surface area contributed by atoms with Crippen molar-refractivity contribution in [1.82, 2.24) is 19.7 Å². The van der Waals surface area contributed by atoms with Gasteiger partial charge in [-0.3, -0.25) is 19.5 Å². The van der Waals surface area contributed by atoms with Crippen molar-refractivity contribution in [2.75, 3.05) is 5.32 Å². The number of nitrogens with one attached hydrogen (secondary N) is 1. The van der Waals surface area contributed by atoms with Crippen LogP contribution in [0, 0.1) is 5.92 Å². The summed E-state index contributed by atoms with van der Waals surface area (Å²) in [5.74, 6) is 0.193. The first-order valence-corrected chi connectivity index (χ1v) is 10.7. The highest BCUT2D eigenvalue weighted by atomic mass is 32.1. The van der Waals surface area contributed by atoms with E-state index in [1.165, 1.54) is 33.6 Å². The van der Waals surface area contributed by atoms with Gasteiger partial charge in [-0.05, 0) is 24.8 Å². The van der Waals surface area contributed by atoms with E-state index >= 15 is 0 Å². The second-order valence-corrected chi connectivity index (χ2v) is 8.93. The molecule has 0 bridgehead atoms. The van der Waals surface area contributed by atoms with Crippen molar-refractivity contribution >= 4 is 43.9 Å². The maximum atomic E-state index is 12.9. The molecular weight excluding hydrogens is 382 g/mol. The Morgan fingerprint density at radius 3 is 2.70 bits per heavy atom. The summed E-state index contributed by atoms with van der Waals surface area (Å²) in [5, 5.41) is 12.9. The quantitative estimate of drug-likeness (QED) is 0.648. The van der Waals surface area contributed by atoms with Crippen LogP contribution in [-0.2, 0) is 17.6 Å². The maximum absolute atomic E-state index is 12.9. The Balaban J connectivity index is 1.84. The minimum Gasteiger partial charge on any atom is -0.299 e. The van der Waals surface area contributed by atoms with Crippen molar-refractivity contribution in [2.45, 2.75) is 53.0 Å². The lowest BCUT2D eigenvalue weighted by atomic mass is 10.1. The number of thiophene rings is 1. The molecule has 7 nitrogen and oxygen atoms in total. The van der Waals surface area contributed by atoms with Crippen LogP contribution in [0.5, 0.6) is 0 Å². The van der Waals surface area contributed by atoms with E-state index < -0.39 is 6.04 Å². The van der Waals surface area contributed by atoms with E-state index in [4.69, 9.17) is 0 Å². The molecule has 0 saturated carbocycles. The van der Waals surface area contributed by atoms with Gasteiger partial charge in [0.2, 0.25) is 11.0 Å². The van der Waals surface area contributed by atoms with E-state index in [1.807, 2.05) is 19.9 Å². The molecule has 144 valence electrons. The predicted molar refractivity (Wildman–Crippen MR) is 110 cm³/mol. The van der Waals surface area contributed by atoms with E-state index in [9.17, 15) is 9.59 Å². The van der Waals surface area contributed by atoms with Crippen LogP contribution in [0.2, 0.25) is 0 Å². The van der Waals surface area contributed by atoms with Gasteiger partial charge in [-0.1, -0.05) is 39.0 Å². The first-order valence-electron chi connectivity index (χ1n) is 9.05. The topological polar surface area (TPSA) is 89.8 Å². The van der Waals surface area contributed by atoms with Crippen LogP contribution >= 0.6 is 22.7 Å². The number of hydrogen-bond acceptors (Lipinski definition) is 7. The Morgan fingerprint density at radius 2 is 2.04 bits per heavy atom. The fraction of sp³-hybridized carbons (Fsp3) is 0.500. The molecule has 3 aromatic heterocycles. The van der Waals surface area contributed by atoms with Crippen molar-refractivity contribution in [2.24, 2.45) is 5.92 Å². The fourth-order valence-electron chi connectivity index (χ4n) is 2.82. The minimum atomic E-state index is -0.642. The molecule has 0 saturated heterocycles. The maximum Gasteiger partial charge on any atom is 0.262 e. The largest absolute Gasteiger partial charge is 0.299 e. The van der Waals surface area contributed by atoms with E-state index in [2.05, 4.69) is 34.3 Å². The number of carbonyl (C=O) groups excluding carboxylic acids is 1. The summed E-state index contributed by atoms with van der Waals surface area (Å²) in [6.07, 6.45) is 3.62. The number of carbonyl (C=O) groups is 1. The summed E-state index contributed by atoms with van der Waals surface area (Å²) in [5.41, 5.74) is -0.185. The van der Waals surface area contributed by atoms with Crippen LogP contribution in [0.1, 0.15) is 50.0 Å². The summed E-state index contributed by atoms with van der Waals surface area (Å²) >= 11 is 2.89. The number of anilines is 1. The molecular formula is C18H23N5O2S2. The lowest BCUT2D eigenvalue weighted by Crippen LogP contribution is -2.33. The number of fused-ring (bicyclic) bond motifs is 1. The number of aromatic nitrogens is 4. The van der Waals surface area contributed by atoms with Crippen molar-refractivity contribution < 1.29 is 4.79 Å². The van der Waals surface area contributed by atoms with Gasteiger partial charge in [-0.25, -0.2) is 4.98 Å². The fourth-order valence-corrected chi connectivity index (χ4v) is 4.70. The van der Waals surface area contributed by atoms with E-state index in [-0.39, 0.29) is 11.5 Å². The smallest absolute Gasteiger partial charge is 0.262 e. The van der Waals surface area contributed by atoms with Crippen LogP contribution in [0.4, 0.5) is 5.13 Å². The molecule has 3 aromatic rings. The van der Waals surface area contributed by atoms with E-state index in [0.29, 0.717) is 27.7 Å². The zero-order valence-electron chi connectivity index (χ0n) is 15.9. The molecule has 0 fully saturated rings. The Hall–Kier alpha value is -2.13. The molecule has 9 heteroatoms. The molecule has 1 amide bonds. The normalized spacial score (nSPS) is 12.6. The Kier molecular flexibility index (Phi) is 6.01. The molecule has 3 rings (SSSR count). The first kappa shape index (κ1) is 19.6. The lowest BCUT2D eigenvalue weighted by Gasteiger charge is -2.16. The summed E-state index contributed by atoms with van der Waals surface area (Å²) in [6.45, 7) is 8.13. The van der Waals surface area contributed by atoms with Crippen LogP contribution in [-0.4, -0.2) is 25.7 Å². The summed E-state index contributed by atoms with van der Waals surface area (Å²) in [6, 6.07) is 1.23. The van der Waals surface area contributed by atoms with Gasteiger partial charge in [-0.15, -0.1) is 21.5 Å². The highest BCUT2D eigenvalue weighted by Gasteiger charge is 2.23. The second kappa shape index (κ2) is 8.26. The van der Waals surface area contributed by atoms with Crippen LogP contribution < -0.4 is 10.9 Å². The monoisotopic (exact) mass is 405 g/mol. The minimum absolute atomic E-state index is 0.185. The van der Waals surface area contributed by atoms with Gasteiger partial charge in [0.1, 0.15) is 15.9 Å². The number of nitrogens with zero attached hydrogens (tertiary/aromatic N) is 4. The van der Waals surface area contributed by atoms with Gasteiger partial charge in [0.25, 0.3) is 5.56 Å².